The summed E-state index contributed by atoms with van der Waals surface area (Å²) in [5, 5.41) is 13.3. The highest BCUT2D eigenvalue weighted by atomic mass is 35.5. The zero-order valence-electron chi connectivity index (χ0n) is 17.7. The van der Waals surface area contributed by atoms with Crippen LogP contribution in [0.3, 0.4) is 0 Å². The van der Waals surface area contributed by atoms with Gasteiger partial charge in [0.2, 0.25) is 10.0 Å². The van der Waals surface area contributed by atoms with Crippen molar-refractivity contribution in [2.75, 3.05) is 6.54 Å². The fourth-order valence-corrected chi connectivity index (χ4v) is 5.40. The average Bonchev–Trinajstić information content (AvgIpc) is 3.50. The average molecular weight is 502 g/mol. The summed E-state index contributed by atoms with van der Waals surface area (Å²) in [6.07, 6.45) is 2.24. The first-order valence-corrected chi connectivity index (χ1v) is 12.1. The van der Waals surface area contributed by atoms with Crippen LogP contribution in [0.2, 0.25) is 5.02 Å². The van der Waals surface area contributed by atoms with Crippen molar-refractivity contribution in [3.63, 3.8) is 0 Å². The minimum atomic E-state index is -3.86. The first-order valence-electron chi connectivity index (χ1n) is 10.3. The second kappa shape index (κ2) is 9.80. The van der Waals surface area contributed by atoms with Crippen LogP contribution in [0, 0.1) is 0 Å². The lowest BCUT2D eigenvalue weighted by atomic mass is 10.1. The number of rotatable bonds is 7. The van der Waals surface area contributed by atoms with Crippen molar-refractivity contribution in [1.29, 1.82) is 0 Å². The number of aromatic carboxylic acids is 1. The molecule has 176 valence electrons. The Labute approximate surface area is 200 Å². The molecule has 0 radical (unpaired) electrons. The van der Waals surface area contributed by atoms with Crippen molar-refractivity contribution in [3.8, 4) is 11.3 Å². The van der Waals surface area contributed by atoms with Gasteiger partial charge in [-0.1, -0.05) is 23.7 Å². The first-order chi connectivity index (χ1) is 16.3. The van der Waals surface area contributed by atoms with E-state index in [2.05, 4.69) is 10.5 Å². The van der Waals surface area contributed by atoms with Crippen LogP contribution < -0.4 is 5.43 Å². The highest BCUT2D eigenvalue weighted by molar-refractivity contribution is 7.89. The van der Waals surface area contributed by atoms with Gasteiger partial charge in [0.15, 0.2) is 0 Å². The molecule has 1 aromatic heterocycles. The summed E-state index contributed by atoms with van der Waals surface area (Å²) in [6, 6.07) is 14.4. The summed E-state index contributed by atoms with van der Waals surface area (Å²) in [6.45, 7) is 0.231. The molecule has 0 saturated carbocycles. The van der Waals surface area contributed by atoms with Gasteiger partial charge >= 0.3 is 5.97 Å². The topological polar surface area (TPSA) is 129 Å². The Morgan fingerprint density at radius 3 is 2.47 bits per heavy atom. The van der Waals surface area contributed by atoms with Crippen molar-refractivity contribution in [3.05, 3.63) is 77.0 Å². The molecule has 4 rings (SSSR count). The lowest BCUT2D eigenvalue weighted by Crippen LogP contribution is -2.44. The fraction of sp³-hybridized carbons (Fsp3) is 0.174. The highest BCUT2D eigenvalue weighted by Crippen LogP contribution is 2.27. The number of benzene rings is 2. The van der Waals surface area contributed by atoms with Gasteiger partial charge in [0.1, 0.15) is 17.6 Å². The molecule has 11 heteroatoms. The third-order valence-corrected chi connectivity index (χ3v) is 7.51. The number of furan rings is 1. The molecule has 1 aliphatic heterocycles. The van der Waals surface area contributed by atoms with E-state index in [1.165, 1.54) is 46.9 Å². The van der Waals surface area contributed by atoms with Gasteiger partial charge < -0.3 is 9.52 Å². The fourth-order valence-electron chi connectivity index (χ4n) is 3.62. The third kappa shape index (κ3) is 5.04. The van der Waals surface area contributed by atoms with Gasteiger partial charge in [-0.05, 0) is 61.4 Å². The number of carboxylic acids is 1. The molecule has 2 N–H and O–H groups in total. The van der Waals surface area contributed by atoms with Crippen LogP contribution in [-0.2, 0) is 14.8 Å². The summed E-state index contributed by atoms with van der Waals surface area (Å²) < 4.78 is 32.8. The van der Waals surface area contributed by atoms with E-state index in [4.69, 9.17) is 21.1 Å². The number of sulfonamides is 1. The molecule has 0 unspecified atom stereocenters. The predicted octanol–water partition coefficient (Wildman–Crippen LogP) is 3.60. The van der Waals surface area contributed by atoms with Crippen molar-refractivity contribution >= 4 is 39.7 Å². The Morgan fingerprint density at radius 2 is 1.79 bits per heavy atom. The first kappa shape index (κ1) is 23.7. The van der Waals surface area contributed by atoms with Crippen molar-refractivity contribution < 1.29 is 27.5 Å². The Morgan fingerprint density at radius 1 is 1.09 bits per heavy atom. The zero-order chi connectivity index (χ0) is 24.3. The molecule has 2 aromatic carbocycles. The van der Waals surface area contributed by atoms with Crippen LogP contribution in [0.15, 0.2) is 75.1 Å². The van der Waals surface area contributed by atoms with Crippen LogP contribution in [0.5, 0.6) is 0 Å². The maximum absolute atomic E-state index is 13.0. The van der Waals surface area contributed by atoms with Gasteiger partial charge in [0.25, 0.3) is 5.91 Å². The number of hydrogen-bond donors (Lipinski definition) is 2. The number of halogens is 1. The van der Waals surface area contributed by atoms with Gasteiger partial charge in [0.05, 0.1) is 16.7 Å². The lowest BCUT2D eigenvalue weighted by molar-refractivity contribution is -0.124. The molecule has 34 heavy (non-hydrogen) atoms. The summed E-state index contributed by atoms with van der Waals surface area (Å²) in [5.41, 5.74) is 3.23. The van der Waals surface area contributed by atoms with E-state index in [1.54, 1.807) is 24.3 Å². The number of hydrogen-bond acceptors (Lipinski definition) is 6. The molecule has 0 spiro atoms. The second-order valence-corrected chi connectivity index (χ2v) is 9.87. The highest BCUT2D eigenvalue weighted by Gasteiger charge is 2.39. The Bertz CT molecular complexity index is 1330. The van der Waals surface area contributed by atoms with E-state index < -0.39 is 27.9 Å². The van der Waals surface area contributed by atoms with Crippen molar-refractivity contribution in [2.45, 2.75) is 23.8 Å². The number of carbonyl (C=O) groups is 2. The summed E-state index contributed by atoms with van der Waals surface area (Å²) in [7, 11) is -3.86. The smallest absolute Gasteiger partial charge is 0.335 e. The SMILES string of the molecule is O=C(O)c1ccc(-c2ccc(/C=N\NC(=O)[C@@H]3CCCN3S(=O)(=O)c3ccc(Cl)cc3)o2)cc1. The van der Waals surface area contributed by atoms with Crippen LogP contribution >= 0.6 is 11.6 Å². The van der Waals surface area contributed by atoms with E-state index in [9.17, 15) is 18.0 Å². The standard InChI is InChI=1S/C23H20ClN3O6S/c24-17-7-10-19(11-8-17)34(31,32)27-13-1-2-20(27)22(28)26-25-14-18-9-12-21(33-18)15-3-5-16(6-4-15)23(29)30/h3-12,14,20H,1-2,13H2,(H,26,28)(H,29,30)/b25-14-/t20-/m0/s1. The largest absolute Gasteiger partial charge is 0.478 e. The van der Waals surface area contributed by atoms with Crippen LogP contribution in [0.25, 0.3) is 11.3 Å². The number of hydrazone groups is 1. The van der Waals surface area contributed by atoms with Crippen LogP contribution in [0.4, 0.5) is 0 Å². The maximum Gasteiger partial charge on any atom is 0.335 e. The third-order valence-electron chi connectivity index (χ3n) is 5.34. The molecule has 1 aliphatic rings. The molecular weight excluding hydrogens is 482 g/mol. The minimum absolute atomic E-state index is 0.0691. The summed E-state index contributed by atoms with van der Waals surface area (Å²) in [4.78, 5) is 23.7. The maximum atomic E-state index is 13.0. The van der Waals surface area contributed by atoms with E-state index in [0.29, 0.717) is 34.9 Å². The summed E-state index contributed by atoms with van der Waals surface area (Å²) >= 11 is 5.84. The predicted molar refractivity (Wildman–Crippen MR) is 125 cm³/mol. The molecule has 0 aliphatic carbocycles. The van der Waals surface area contributed by atoms with Crippen LogP contribution in [-0.4, -0.2) is 48.5 Å². The molecular formula is C23H20ClN3O6S. The molecule has 1 amide bonds. The molecule has 1 atom stereocenters. The number of nitrogens with one attached hydrogen (secondary N) is 1. The van der Waals surface area contributed by atoms with Crippen molar-refractivity contribution in [2.24, 2.45) is 5.10 Å². The van der Waals surface area contributed by atoms with Gasteiger partial charge in [-0.25, -0.2) is 18.6 Å². The number of carbonyl (C=O) groups excluding carboxylic acids is 1. The summed E-state index contributed by atoms with van der Waals surface area (Å²) in [5.74, 6) is -0.700. The number of carboxylic acid groups (broad SMARTS) is 1. The normalized spacial score (nSPS) is 16.7. The van der Waals surface area contributed by atoms with E-state index in [1.807, 2.05) is 0 Å². The Balaban J connectivity index is 1.41. The van der Waals surface area contributed by atoms with Crippen LogP contribution in [0.1, 0.15) is 29.0 Å². The molecule has 9 nitrogen and oxygen atoms in total. The van der Waals surface area contributed by atoms with E-state index >= 15 is 0 Å². The lowest BCUT2D eigenvalue weighted by Gasteiger charge is -2.22. The van der Waals surface area contributed by atoms with E-state index in [0.717, 1.165) is 0 Å². The quantitative estimate of drug-likeness (QED) is 0.376. The molecule has 2 heterocycles. The number of nitrogens with zero attached hydrogens (tertiary/aromatic N) is 2. The van der Waals surface area contributed by atoms with Gasteiger partial charge in [-0.3, -0.25) is 4.79 Å². The van der Waals surface area contributed by atoms with Gasteiger partial charge in [-0.15, -0.1) is 0 Å². The molecule has 3 aromatic rings. The Kier molecular flexibility index (Phi) is 6.82. The zero-order valence-corrected chi connectivity index (χ0v) is 19.3. The second-order valence-electron chi connectivity index (χ2n) is 7.55. The van der Waals surface area contributed by atoms with Crippen molar-refractivity contribution in [1.82, 2.24) is 9.73 Å². The van der Waals surface area contributed by atoms with Gasteiger partial charge in [0, 0.05) is 17.1 Å². The monoisotopic (exact) mass is 501 g/mol. The number of amides is 1. The molecule has 0 bridgehead atoms. The van der Waals surface area contributed by atoms with E-state index in [-0.39, 0.29) is 17.0 Å². The van der Waals surface area contributed by atoms with Gasteiger partial charge in [-0.2, -0.15) is 9.41 Å². The minimum Gasteiger partial charge on any atom is -0.478 e. The molecule has 1 fully saturated rings. The Hall–Kier alpha value is -3.47. The molecule has 1 saturated heterocycles.